The molecule has 0 aromatic heterocycles. The quantitative estimate of drug-likeness (QED) is 0.724. The molecule has 3 rings (SSSR count). The lowest BCUT2D eigenvalue weighted by Crippen LogP contribution is -2.27. The van der Waals surface area contributed by atoms with E-state index in [2.05, 4.69) is 5.32 Å². The van der Waals surface area contributed by atoms with Crippen molar-refractivity contribution in [3.8, 4) is 5.75 Å². The van der Waals surface area contributed by atoms with Crippen molar-refractivity contribution in [2.45, 2.75) is 32.6 Å². The fraction of sp³-hybridized carbons (Fsp3) is 0.364. The zero-order chi connectivity index (χ0) is 20.1. The predicted octanol–water partition coefficient (Wildman–Crippen LogP) is 4.85. The minimum Gasteiger partial charge on any atom is -0.494 e. The number of benzene rings is 2. The van der Waals surface area contributed by atoms with E-state index in [1.165, 1.54) is 0 Å². The molecule has 0 saturated carbocycles. The van der Waals surface area contributed by atoms with Crippen molar-refractivity contribution in [2.24, 2.45) is 5.92 Å². The first kappa shape index (κ1) is 20.3. The van der Waals surface area contributed by atoms with E-state index >= 15 is 0 Å². The van der Waals surface area contributed by atoms with Gasteiger partial charge in [0.15, 0.2) is 0 Å². The van der Waals surface area contributed by atoms with Gasteiger partial charge in [-0.25, -0.2) is 0 Å². The van der Waals surface area contributed by atoms with Crippen LogP contribution < -0.4 is 15.0 Å². The summed E-state index contributed by atoms with van der Waals surface area (Å²) in [6.45, 7) is 6.60. The summed E-state index contributed by atoms with van der Waals surface area (Å²) in [5.41, 5.74) is 2.67. The second-order valence-corrected chi connectivity index (χ2v) is 8.19. The number of nitrogens with zero attached hydrogens (tertiary/aromatic N) is 1. The fourth-order valence-electron chi connectivity index (χ4n) is 3.13. The molecule has 1 N–H and O–H groups in total. The molecule has 1 aliphatic heterocycles. The lowest BCUT2D eigenvalue weighted by Gasteiger charge is -2.24. The van der Waals surface area contributed by atoms with Crippen LogP contribution in [-0.4, -0.2) is 24.2 Å². The Kier molecular flexibility index (Phi) is 6.62. The second kappa shape index (κ2) is 9.15. The van der Waals surface area contributed by atoms with Crippen LogP contribution in [0.25, 0.3) is 0 Å². The molecule has 2 amide bonds. The third-order valence-electron chi connectivity index (χ3n) is 4.37. The van der Waals surface area contributed by atoms with Crippen molar-refractivity contribution in [1.29, 1.82) is 0 Å². The smallest absolute Gasteiger partial charge is 0.238 e. The number of carbonyl (C=O) groups excluding carboxylic acids is 2. The third-order valence-corrected chi connectivity index (χ3v) is 5.58. The lowest BCUT2D eigenvalue weighted by atomic mass is 10.1. The number of hydrogen-bond donors (Lipinski definition) is 1. The molecular formula is C22H26N2O3S. The summed E-state index contributed by atoms with van der Waals surface area (Å²) in [4.78, 5) is 26.3. The summed E-state index contributed by atoms with van der Waals surface area (Å²) in [5, 5.41) is 2.84. The van der Waals surface area contributed by atoms with Gasteiger partial charge < -0.3 is 10.1 Å². The van der Waals surface area contributed by atoms with Gasteiger partial charge >= 0.3 is 0 Å². The highest BCUT2D eigenvalue weighted by Crippen LogP contribution is 2.42. The molecule has 0 aliphatic carbocycles. The maximum absolute atomic E-state index is 12.5. The summed E-state index contributed by atoms with van der Waals surface area (Å²) in [6, 6.07) is 15.4. The standard InChI is InChI=1S/C22H26N2O3S/c1-4-27-19-11-9-18(10-12-19)24-21(26)14-28-22(24)16-5-7-17(8-6-16)23-20(25)13-15(2)3/h5-12,15,22H,4,13-14H2,1-3H3,(H,23,25). The number of ether oxygens (including phenoxy) is 1. The van der Waals surface area contributed by atoms with Crippen LogP contribution in [0.5, 0.6) is 5.75 Å². The number of nitrogens with one attached hydrogen (secondary N) is 1. The van der Waals surface area contributed by atoms with Crippen molar-refractivity contribution in [3.05, 3.63) is 54.1 Å². The van der Waals surface area contributed by atoms with Crippen LogP contribution in [0.4, 0.5) is 11.4 Å². The normalized spacial score (nSPS) is 16.5. The Hall–Kier alpha value is -2.47. The number of anilines is 2. The van der Waals surface area contributed by atoms with Crippen LogP contribution in [-0.2, 0) is 9.59 Å². The van der Waals surface area contributed by atoms with Crippen molar-refractivity contribution in [1.82, 2.24) is 0 Å². The summed E-state index contributed by atoms with van der Waals surface area (Å²) >= 11 is 1.61. The van der Waals surface area contributed by atoms with E-state index in [0.29, 0.717) is 24.7 Å². The van der Waals surface area contributed by atoms with Crippen molar-refractivity contribution < 1.29 is 14.3 Å². The van der Waals surface area contributed by atoms with E-state index in [1.54, 1.807) is 11.8 Å². The molecule has 2 aromatic carbocycles. The van der Waals surface area contributed by atoms with Gasteiger partial charge in [0, 0.05) is 17.8 Å². The van der Waals surface area contributed by atoms with Gasteiger partial charge in [-0.1, -0.05) is 26.0 Å². The van der Waals surface area contributed by atoms with Gasteiger partial charge in [-0.15, -0.1) is 11.8 Å². The second-order valence-electron chi connectivity index (χ2n) is 7.12. The van der Waals surface area contributed by atoms with Crippen LogP contribution in [0, 0.1) is 5.92 Å². The summed E-state index contributed by atoms with van der Waals surface area (Å²) in [5.74, 6) is 1.68. The molecule has 0 radical (unpaired) electrons. The first-order valence-corrected chi connectivity index (χ1v) is 10.6. The van der Waals surface area contributed by atoms with Crippen LogP contribution in [0.15, 0.2) is 48.5 Å². The molecule has 1 atom stereocenters. The molecule has 28 heavy (non-hydrogen) atoms. The van der Waals surface area contributed by atoms with Gasteiger partial charge in [-0.3, -0.25) is 14.5 Å². The molecule has 0 spiro atoms. The average molecular weight is 399 g/mol. The lowest BCUT2D eigenvalue weighted by molar-refractivity contribution is -0.117. The van der Waals surface area contributed by atoms with E-state index in [1.807, 2.05) is 74.2 Å². The molecule has 1 aliphatic rings. The fourth-order valence-corrected chi connectivity index (χ4v) is 4.31. The topological polar surface area (TPSA) is 58.6 Å². The highest BCUT2D eigenvalue weighted by molar-refractivity contribution is 8.00. The molecule has 1 unspecified atom stereocenters. The first-order chi connectivity index (χ1) is 13.5. The van der Waals surface area contributed by atoms with Gasteiger partial charge in [0.25, 0.3) is 0 Å². The number of amides is 2. The van der Waals surface area contributed by atoms with Crippen LogP contribution in [0.1, 0.15) is 38.1 Å². The Morgan fingerprint density at radius 3 is 2.46 bits per heavy atom. The Morgan fingerprint density at radius 1 is 1.18 bits per heavy atom. The minimum atomic E-state index is -0.0779. The van der Waals surface area contributed by atoms with Gasteiger partial charge in [0.2, 0.25) is 11.8 Å². The van der Waals surface area contributed by atoms with Gasteiger partial charge in [-0.2, -0.15) is 0 Å². The molecule has 0 bridgehead atoms. The van der Waals surface area contributed by atoms with Gasteiger partial charge in [0.05, 0.1) is 12.4 Å². The van der Waals surface area contributed by atoms with Crippen molar-refractivity contribution >= 4 is 35.0 Å². The Labute approximate surface area is 170 Å². The number of carbonyl (C=O) groups is 2. The van der Waals surface area contributed by atoms with Crippen LogP contribution in [0.3, 0.4) is 0 Å². The summed E-state index contributed by atoms with van der Waals surface area (Å²) in [6.07, 6.45) is 0.500. The molecular weight excluding hydrogens is 372 g/mol. The molecule has 6 heteroatoms. The SMILES string of the molecule is CCOc1ccc(N2C(=O)CSC2c2ccc(NC(=O)CC(C)C)cc2)cc1. The van der Waals surface area contributed by atoms with Gasteiger partial charge in [0.1, 0.15) is 11.1 Å². The largest absolute Gasteiger partial charge is 0.494 e. The minimum absolute atomic E-state index is 0.0178. The third kappa shape index (κ3) is 4.87. The molecule has 1 fully saturated rings. The van der Waals surface area contributed by atoms with E-state index in [0.717, 1.165) is 22.7 Å². The van der Waals surface area contributed by atoms with E-state index in [-0.39, 0.29) is 17.2 Å². The highest BCUT2D eigenvalue weighted by Gasteiger charge is 2.34. The van der Waals surface area contributed by atoms with E-state index in [9.17, 15) is 9.59 Å². The van der Waals surface area contributed by atoms with Crippen LogP contribution >= 0.6 is 11.8 Å². The molecule has 5 nitrogen and oxygen atoms in total. The average Bonchev–Trinajstić information content (AvgIpc) is 3.04. The van der Waals surface area contributed by atoms with Gasteiger partial charge in [-0.05, 0) is 54.8 Å². The van der Waals surface area contributed by atoms with Crippen molar-refractivity contribution in [2.75, 3.05) is 22.6 Å². The number of rotatable bonds is 7. The number of hydrogen-bond acceptors (Lipinski definition) is 4. The monoisotopic (exact) mass is 398 g/mol. The zero-order valence-electron chi connectivity index (χ0n) is 16.5. The van der Waals surface area contributed by atoms with Crippen LogP contribution in [0.2, 0.25) is 0 Å². The molecule has 1 saturated heterocycles. The summed E-state index contributed by atoms with van der Waals surface area (Å²) < 4.78 is 5.49. The zero-order valence-corrected chi connectivity index (χ0v) is 17.3. The molecule has 148 valence electrons. The van der Waals surface area contributed by atoms with E-state index in [4.69, 9.17) is 4.74 Å². The highest BCUT2D eigenvalue weighted by atomic mass is 32.2. The maximum Gasteiger partial charge on any atom is 0.238 e. The Morgan fingerprint density at radius 2 is 1.86 bits per heavy atom. The Balaban J connectivity index is 1.74. The molecule has 1 heterocycles. The predicted molar refractivity (Wildman–Crippen MR) is 115 cm³/mol. The Bertz CT molecular complexity index is 819. The molecule has 2 aromatic rings. The number of thioether (sulfide) groups is 1. The summed E-state index contributed by atoms with van der Waals surface area (Å²) in [7, 11) is 0. The first-order valence-electron chi connectivity index (χ1n) is 9.54. The van der Waals surface area contributed by atoms with Crippen molar-refractivity contribution in [3.63, 3.8) is 0 Å². The maximum atomic E-state index is 12.5. The van der Waals surface area contributed by atoms with E-state index < -0.39 is 0 Å².